The first kappa shape index (κ1) is 16.0. The lowest BCUT2D eigenvalue weighted by molar-refractivity contribution is 0.191. The van der Waals surface area contributed by atoms with Crippen molar-refractivity contribution in [1.82, 2.24) is 4.57 Å². The van der Waals surface area contributed by atoms with Crippen LogP contribution in [0.2, 0.25) is 0 Å². The van der Waals surface area contributed by atoms with Gasteiger partial charge in [0.2, 0.25) is 5.43 Å². The van der Waals surface area contributed by atoms with Crippen molar-refractivity contribution in [1.29, 1.82) is 0 Å². The molecule has 0 saturated carbocycles. The van der Waals surface area contributed by atoms with Crippen molar-refractivity contribution in [3.05, 3.63) is 82.3 Å². The Hall–Kier alpha value is -2.85. The highest BCUT2D eigenvalue weighted by molar-refractivity contribution is 5.71. The third kappa shape index (κ3) is 2.84. The first-order chi connectivity index (χ1) is 11.5. The Morgan fingerprint density at radius 1 is 1.04 bits per heavy atom. The molecule has 0 saturated heterocycles. The Morgan fingerprint density at radius 2 is 1.75 bits per heavy atom. The molecule has 0 radical (unpaired) electrons. The number of nitrogens with zero attached hydrogens (tertiary/aromatic N) is 1. The second-order valence-corrected chi connectivity index (χ2v) is 5.81. The molecular formula is C20H19NO3. The molecule has 4 heteroatoms. The summed E-state index contributed by atoms with van der Waals surface area (Å²) in [6.07, 6.45) is 0.527. The van der Waals surface area contributed by atoms with Crippen LogP contribution in [-0.4, -0.2) is 14.8 Å². The predicted molar refractivity (Wildman–Crippen MR) is 94.5 cm³/mol. The summed E-state index contributed by atoms with van der Waals surface area (Å²) < 4.78 is 1.67. The summed E-state index contributed by atoms with van der Waals surface area (Å²) in [5.41, 5.74) is 3.88. The molecule has 0 aliphatic carbocycles. The van der Waals surface area contributed by atoms with Gasteiger partial charge >= 0.3 is 0 Å². The SMILES string of the molecule is Cc1c(-c2ccccc2)cccc1-n1cc(O)c(=O)cc1C(C)O. The van der Waals surface area contributed by atoms with Crippen LogP contribution in [-0.2, 0) is 0 Å². The summed E-state index contributed by atoms with van der Waals surface area (Å²) in [4.78, 5) is 11.7. The van der Waals surface area contributed by atoms with E-state index in [-0.39, 0.29) is 5.75 Å². The first-order valence-corrected chi connectivity index (χ1v) is 7.78. The summed E-state index contributed by atoms with van der Waals surface area (Å²) in [6, 6.07) is 17.1. The second-order valence-electron chi connectivity index (χ2n) is 5.81. The van der Waals surface area contributed by atoms with Crippen LogP contribution < -0.4 is 5.43 Å². The van der Waals surface area contributed by atoms with Crippen molar-refractivity contribution < 1.29 is 10.2 Å². The van der Waals surface area contributed by atoms with Crippen LogP contribution in [0.4, 0.5) is 0 Å². The summed E-state index contributed by atoms with van der Waals surface area (Å²) in [5, 5.41) is 19.8. The van der Waals surface area contributed by atoms with Gasteiger partial charge in [-0.15, -0.1) is 0 Å². The van der Waals surface area contributed by atoms with Gasteiger partial charge in [0.1, 0.15) is 0 Å². The number of aliphatic hydroxyl groups excluding tert-OH is 1. The molecule has 1 atom stereocenters. The van der Waals surface area contributed by atoms with Gasteiger partial charge in [0, 0.05) is 11.8 Å². The maximum Gasteiger partial charge on any atom is 0.223 e. The van der Waals surface area contributed by atoms with Gasteiger partial charge in [0.25, 0.3) is 0 Å². The normalized spacial score (nSPS) is 12.1. The fourth-order valence-corrected chi connectivity index (χ4v) is 2.88. The second kappa shape index (κ2) is 6.34. The number of benzene rings is 2. The lowest BCUT2D eigenvalue weighted by atomic mass is 9.99. The quantitative estimate of drug-likeness (QED) is 0.775. The molecule has 24 heavy (non-hydrogen) atoms. The van der Waals surface area contributed by atoms with E-state index in [4.69, 9.17) is 0 Å². The third-order valence-corrected chi connectivity index (χ3v) is 4.14. The number of rotatable bonds is 3. The maximum atomic E-state index is 11.7. The van der Waals surface area contributed by atoms with Gasteiger partial charge in [-0.1, -0.05) is 42.5 Å². The Morgan fingerprint density at radius 3 is 2.42 bits per heavy atom. The smallest absolute Gasteiger partial charge is 0.223 e. The molecule has 3 aromatic rings. The highest BCUT2D eigenvalue weighted by Gasteiger charge is 2.15. The van der Waals surface area contributed by atoms with Crippen molar-refractivity contribution >= 4 is 0 Å². The van der Waals surface area contributed by atoms with E-state index < -0.39 is 11.5 Å². The van der Waals surface area contributed by atoms with Crippen molar-refractivity contribution in [2.45, 2.75) is 20.0 Å². The van der Waals surface area contributed by atoms with Gasteiger partial charge < -0.3 is 14.8 Å². The minimum Gasteiger partial charge on any atom is -0.503 e. The molecule has 122 valence electrons. The zero-order chi connectivity index (χ0) is 17.3. The predicted octanol–water partition coefficient (Wildman–Crippen LogP) is 3.57. The fourth-order valence-electron chi connectivity index (χ4n) is 2.88. The number of aromatic nitrogens is 1. The summed E-state index contributed by atoms with van der Waals surface area (Å²) in [7, 11) is 0. The lowest BCUT2D eigenvalue weighted by Gasteiger charge is -2.19. The molecule has 1 heterocycles. The van der Waals surface area contributed by atoms with Crippen LogP contribution in [0.25, 0.3) is 16.8 Å². The van der Waals surface area contributed by atoms with E-state index >= 15 is 0 Å². The van der Waals surface area contributed by atoms with Crippen LogP contribution in [0.5, 0.6) is 5.75 Å². The number of hydrogen-bond acceptors (Lipinski definition) is 3. The largest absolute Gasteiger partial charge is 0.503 e. The Labute approximate surface area is 140 Å². The molecule has 1 unspecified atom stereocenters. The van der Waals surface area contributed by atoms with Crippen molar-refractivity contribution in [2.24, 2.45) is 0 Å². The maximum absolute atomic E-state index is 11.7. The number of aliphatic hydroxyl groups is 1. The number of hydrogen-bond donors (Lipinski definition) is 2. The van der Waals surface area contributed by atoms with Gasteiger partial charge in [0.15, 0.2) is 5.75 Å². The van der Waals surface area contributed by atoms with Crippen LogP contribution in [0.15, 0.2) is 65.6 Å². The Bertz CT molecular complexity index is 927. The highest BCUT2D eigenvalue weighted by atomic mass is 16.3. The van der Waals surface area contributed by atoms with Gasteiger partial charge in [-0.05, 0) is 36.6 Å². The third-order valence-electron chi connectivity index (χ3n) is 4.14. The van der Waals surface area contributed by atoms with E-state index in [0.717, 1.165) is 22.4 Å². The lowest BCUT2D eigenvalue weighted by Crippen LogP contribution is -2.14. The first-order valence-electron chi connectivity index (χ1n) is 7.78. The van der Waals surface area contributed by atoms with Crippen LogP contribution >= 0.6 is 0 Å². The number of aromatic hydroxyl groups is 1. The van der Waals surface area contributed by atoms with E-state index in [1.54, 1.807) is 11.5 Å². The van der Waals surface area contributed by atoms with Gasteiger partial charge in [-0.25, -0.2) is 0 Å². The molecule has 4 nitrogen and oxygen atoms in total. The molecule has 0 bridgehead atoms. The summed E-state index contributed by atoms with van der Waals surface area (Å²) >= 11 is 0. The van der Waals surface area contributed by atoms with Gasteiger partial charge in [-0.2, -0.15) is 0 Å². The molecular weight excluding hydrogens is 302 g/mol. The average Bonchev–Trinajstić information content (AvgIpc) is 2.58. The van der Waals surface area contributed by atoms with E-state index in [2.05, 4.69) is 0 Å². The summed E-state index contributed by atoms with van der Waals surface area (Å²) in [5.74, 6) is -0.344. The fraction of sp³-hybridized carbons (Fsp3) is 0.150. The van der Waals surface area contributed by atoms with E-state index in [1.807, 2.05) is 55.5 Å². The minimum absolute atomic E-state index is 0.344. The molecule has 0 fully saturated rings. The number of pyridine rings is 1. The molecule has 2 N–H and O–H groups in total. The monoisotopic (exact) mass is 321 g/mol. The van der Waals surface area contributed by atoms with Crippen LogP contribution in [0.3, 0.4) is 0 Å². The molecule has 3 rings (SSSR count). The Balaban J connectivity index is 2.25. The molecule has 0 aliphatic heterocycles. The van der Waals surface area contributed by atoms with E-state index in [1.165, 1.54) is 12.3 Å². The zero-order valence-electron chi connectivity index (χ0n) is 13.6. The molecule has 0 amide bonds. The molecule has 0 spiro atoms. The average molecular weight is 321 g/mol. The van der Waals surface area contributed by atoms with E-state index in [0.29, 0.717) is 5.69 Å². The Kier molecular flexibility index (Phi) is 4.23. The zero-order valence-corrected chi connectivity index (χ0v) is 13.6. The standard InChI is InChI=1S/C20H19NO3/c1-13-16(15-7-4-3-5-8-15)9-6-10-17(13)21-12-20(24)19(23)11-18(21)14(2)22/h3-12,14,22,24H,1-2H3. The topological polar surface area (TPSA) is 62.5 Å². The van der Waals surface area contributed by atoms with Crippen LogP contribution in [0, 0.1) is 6.92 Å². The summed E-state index contributed by atoms with van der Waals surface area (Å²) in [6.45, 7) is 3.58. The van der Waals surface area contributed by atoms with Gasteiger partial charge in [0.05, 0.1) is 18.0 Å². The molecule has 1 aromatic heterocycles. The van der Waals surface area contributed by atoms with Crippen molar-refractivity contribution in [3.63, 3.8) is 0 Å². The minimum atomic E-state index is -0.835. The molecule has 2 aromatic carbocycles. The van der Waals surface area contributed by atoms with E-state index in [9.17, 15) is 15.0 Å². The van der Waals surface area contributed by atoms with Crippen LogP contribution in [0.1, 0.15) is 24.3 Å². The van der Waals surface area contributed by atoms with Crippen molar-refractivity contribution in [3.8, 4) is 22.6 Å². The van der Waals surface area contributed by atoms with Gasteiger partial charge in [-0.3, -0.25) is 4.79 Å². The highest BCUT2D eigenvalue weighted by Crippen LogP contribution is 2.29. The molecule has 0 aliphatic rings. The van der Waals surface area contributed by atoms with Crippen molar-refractivity contribution in [2.75, 3.05) is 0 Å².